The van der Waals surface area contributed by atoms with E-state index >= 15 is 0 Å². The third-order valence-corrected chi connectivity index (χ3v) is 2.77. The third kappa shape index (κ3) is 3.17. The van der Waals surface area contributed by atoms with Crippen LogP contribution < -0.4 is 0 Å². The molecule has 1 atom stereocenters. The van der Waals surface area contributed by atoms with Gasteiger partial charge < -0.3 is 9.47 Å². The molecule has 4 heteroatoms. The molecule has 1 unspecified atom stereocenters. The van der Waals surface area contributed by atoms with Crippen LogP contribution in [0.1, 0.15) is 18.4 Å². The van der Waals surface area contributed by atoms with Crippen molar-refractivity contribution < 1.29 is 14.3 Å². The highest BCUT2D eigenvalue weighted by Crippen LogP contribution is 2.16. The molecular formula is C14H17NO3. The number of rotatable bonds is 5. The zero-order valence-electron chi connectivity index (χ0n) is 10.4. The second-order valence-corrected chi connectivity index (χ2v) is 4.13. The van der Waals surface area contributed by atoms with E-state index in [0.717, 1.165) is 5.56 Å². The Balaban J connectivity index is 2.11. The minimum absolute atomic E-state index is 0.186. The van der Waals surface area contributed by atoms with Crippen molar-refractivity contribution in [1.29, 1.82) is 0 Å². The van der Waals surface area contributed by atoms with Gasteiger partial charge in [0.15, 0.2) is 0 Å². The summed E-state index contributed by atoms with van der Waals surface area (Å²) in [6.07, 6.45) is 1.68. The van der Waals surface area contributed by atoms with E-state index < -0.39 is 5.92 Å². The van der Waals surface area contributed by atoms with Crippen LogP contribution in [0.4, 0.5) is 0 Å². The monoisotopic (exact) mass is 247 g/mol. The molecule has 0 amide bonds. The smallest absolute Gasteiger partial charge is 0.318 e. The third-order valence-electron chi connectivity index (χ3n) is 2.77. The van der Waals surface area contributed by atoms with Gasteiger partial charge in [0.25, 0.3) is 0 Å². The Morgan fingerprint density at radius 2 is 2.22 bits per heavy atom. The number of benzene rings is 1. The molecule has 2 rings (SSSR count). The maximum absolute atomic E-state index is 11.9. The van der Waals surface area contributed by atoms with Gasteiger partial charge in [-0.15, -0.1) is 0 Å². The molecule has 0 bridgehead atoms. The fourth-order valence-electron chi connectivity index (χ4n) is 1.69. The summed E-state index contributed by atoms with van der Waals surface area (Å²) >= 11 is 0. The number of aliphatic imine (C=N–C) groups is 1. The van der Waals surface area contributed by atoms with Crippen molar-refractivity contribution in [1.82, 2.24) is 0 Å². The minimum Gasteiger partial charge on any atom is -0.465 e. The zero-order chi connectivity index (χ0) is 12.8. The van der Waals surface area contributed by atoms with Crippen molar-refractivity contribution >= 4 is 12.2 Å². The summed E-state index contributed by atoms with van der Waals surface area (Å²) < 4.78 is 10.1. The summed E-state index contributed by atoms with van der Waals surface area (Å²) in [7, 11) is 0. The summed E-state index contributed by atoms with van der Waals surface area (Å²) in [5, 5.41) is 0. The van der Waals surface area contributed by atoms with Gasteiger partial charge in [0, 0.05) is 6.21 Å². The van der Waals surface area contributed by atoms with E-state index in [-0.39, 0.29) is 12.0 Å². The molecule has 1 fully saturated rings. The minimum atomic E-state index is -0.424. The van der Waals surface area contributed by atoms with Crippen LogP contribution in [0, 0.1) is 0 Å². The maximum atomic E-state index is 11.9. The molecule has 96 valence electrons. The van der Waals surface area contributed by atoms with E-state index in [9.17, 15) is 4.79 Å². The van der Waals surface area contributed by atoms with Gasteiger partial charge in [-0.05, 0) is 12.5 Å². The molecule has 0 spiro atoms. The lowest BCUT2D eigenvalue weighted by molar-refractivity contribution is -0.143. The molecule has 0 N–H and O–H groups in total. The molecule has 4 nitrogen and oxygen atoms in total. The predicted octanol–water partition coefficient (Wildman–Crippen LogP) is 1.80. The summed E-state index contributed by atoms with van der Waals surface area (Å²) in [6, 6.07) is 9.73. The number of hydrogen-bond acceptors (Lipinski definition) is 4. The summed E-state index contributed by atoms with van der Waals surface area (Å²) in [6.45, 7) is 3.46. The van der Waals surface area contributed by atoms with Crippen LogP contribution in [-0.2, 0) is 14.3 Å². The molecule has 0 aromatic heterocycles. The van der Waals surface area contributed by atoms with E-state index in [0.29, 0.717) is 19.8 Å². The molecule has 1 heterocycles. The standard InChI is InChI=1S/C14H17NO3/c1-2-18-14(16)13(8-15-12-9-17-10-12)11-6-4-3-5-7-11/h3-8,12-13H,2,9-10H2,1H3/b15-8+. The maximum Gasteiger partial charge on any atom is 0.318 e. The molecule has 1 aromatic rings. The van der Waals surface area contributed by atoms with Crippen molar-refractivity contribution in [2.45, 2.75) is 18.9 Å². The number of ether oxygens (including phenoxy) is 2. The molecule has 1 aliphatic rings. The van der Waals surface area contributed by atoms with Gasteiger partial charge >= 0.3 is 5.97 Å². The SMILES string of the molecule is CCOC(=O)C(/C=N/C1COC1)c1ccccc1. The number of carbonyl (C=O) groups is 1. The van der Waals surface area contributed by atoms with Crippen molar-refractivity contribution in [3.05, 3.63) is 35.9 Å². The fraction of sp³-hybridized carbons (Fsp3) is 0.429. The Kier molecular flexibility index (Phi) is 4.47. The van der Waals surface area contributed by atoms with E-state index in [1.54, 1.807) is 13.1 Å². The topological polar surface area (TPSA) is 47.9 Å². The van der Waals surface area contributed by atoms with Gasteiger partial charge in [0.1, 0.15) is 5.92 Å². The predicted molar refractivity (Wildman–Crippen MR) is 68.9 cm³/mol. The van der Waals surface area contributed by atoms with Crippen LogP contribution >= 0.6 is 0 Å². The van der Waals surface area contributed by atoms with Crippen molar-refractivity contribution in [3.63, 3.8) is 0 Å². The van der Waals surface area contributed by atoms with Crippen LogP contribution in [0.5, 0.6) is 0 Å². The van der Waals surface area contributed by atoms with Crippen LogP contribution in [0.15, 0.2) is 35.3 Å². The van der Waals surface area contributed by atoms with E-state index in [1.165, 1.54) is 0 Å². The first kappa shape index (κ1) is 12.8. The van der Waals surface area contributed by atoms with Gasteiger partial charge in [-0.3, -0.25) is 9.79 Å². The summed E-state index contributed by atoms with van der Waals surface area (Å²) in [5.41, 5.74) is 0.903. The van der Waals surface area contributed by atoms with Gasteiger partial charge in [-0.25, -0.2) is 0 Å². The Labute approximate surface area is 107 Å². The zero-order valence-corrected chi connectivity index (χ0v) is 10.4. The molecule has 0 saturated carbocycles. The molecule has 1 saturated heterocycles. The average molecular weight is 247 g/mol. The van der Waals surface area contributed by atoms with E-state index in [2.05, 4.69) is 4.99 Å². The second kappa shape index (κ2) is 6.31. The highest BCUT2D eigenvalue weighted by atomic mass is 16.5. The summed E-state index contributed by atoms with van der Waals surface area (Å²) in [4.78, 5) is 16.3. The van der Waals surface area contributed by atoms with Crippen molar-refractivity contribution in [3.8, 4) is 0 Å². The Morgan fingerprint density at radius 1 is 1.50 bits per heavy atom. The van der Waals surface area contributed by atoms with Crippen LogP contribution in [0.3, 0.4) is 0 Å². The number of carbonyl (C=O) groups excluding carboxylic acids is 1. The molecule has 18 heavy (non-hydrogen) atoms. The van der Waals surface area contributed by atoms with Crippen molar-refractivity contribution in [2.75, 3.05) is 19.8 Å². The molecule has 1 aliphatic heterocycles. The largest absolute Gasteiger partial charge is 0.465 e. The van der Waals surface area contributed by atoms with E-state index in [4.69, 9.17) is 9.47 Å². The number of esters is 1. The highest BCUT2D eigenvalue weighted by Gasteiger charge is 2.22. The lowest BCUT2D eigenvalue weighted by atomic mass is 10.0. The first-order valence-electron chi connectivity index (χ1n) is 6.14. The first-order valence-corrected chi connectivity index (χ1v) is 6.14. The normalized spacial score (nSPS) is 17.4. The van der Waals surface area contributed by atoms with Crippen LogP contribution in [-0.4, -0.2) is 38.0 Å². The molecule has 0 aliphatic carbocycles. The summed E-state index contributed by atoms with van der Waals surface area (Å²) in [5.74, 6) is -0.681. The first-order chi connectivity index (χ1) is 8.81. The van der Waals surface area contributed by atoms with Gasteiger partial charge in [0.2, 0.25) is 0 Å². The lowest BCUT2D eigenvalue weighted by Gasteiger charge is -2.22. The number of hydrogen-bond donors (Lipinski definition) is 0. The van der Waals surface area contributed by atoms with Crippen LogP contribution in [0.2, 0.25) is 0 Å². The number of nitrogens with zero attached hydrogens (tertiary/aromatic N) is 1. The quantitative estimate of drug-likeness (QED) is 0.589. The average Bonchev–Trinajstić information content (AvgIpc) is 2.33. The van der Waals surface area contributed by atoms with Gasteiger partial charge in [-0.1, -0.05) is 30.3 Å². The Bertz CT molecular complexity index is 412. The molecular weight excluding hydrogens is 230 g/mol. The highest BCUT2D eigenvalue weighted by molar-refractivity contribution is 5.96. The lowest BCUT2D eigenvalue weighted by Crippen LogP contribution is -2.32. The van der Waals surface area contributed by atoms with Crippen molar-refractivity contribution in [2.24, 2.45) is 4.99 Å². The van der Waals surface area contributed by atoms with Gasteiger partial charge in [0.05, 0.1) is 25.9 Å². The second-order valence-electron chi connectivity index (χ2n) is 4.13. The van der Waals surface area contributed by atoms with Gasteiger partial charge in [-0.2, -0.15) is 0 Å². The fourth-order valence-corrected chi connectivity index (χ4v) is 1.69. The Hall–Kier alpha value is -1.68. The molecule has 0 radical (unpaired) electrons. The Morgan fingerprint density at radius 3 is 2.78 bits per heavy atom. The van der Waals surface area contributed by atoms with Crippen LogP contribution in [0.25, 0.3) is 0 Å². The molecule has 1 aromatic carbocycles. The van der Waals surface area contributed by atoms with E-state index in [1.807, 2.05) is 30.3 Å².